The van der Waals surface area contributed by atoms with E-state index in [9.17, 15) is 17.6 Å². The molecule has 0 bridgehead atoms. The summed E-state index contributed by atoms with van der Waals surface area (Å²) in [5.41, 5.74) is 0. The summed E-state index contributed by atoms with van der Waals surface area (Å²) in [7, 11) is 0. The highest BCUT2D eigenvalue weighted by Gasteiger charge is 2.28. The molecule has 1 aromatic heterocycles. The van der Waals surface area contributed by atoms with Gasteiger partial charge in [0, 0.05) is 12.3 Å². The molecule has 0 N–H and O–H groups in total. The minimum absolute atomic E-state index is 0.452. The van der Waals surface area contributed by atoms with Crippen LogP contribution in [0.15, 0.2) is 18.5 Å². The van der Waals surface area contributed by atoms with Crippen molar-refractivity contribution < 1.29 is 22.3 Å². The zero-order valence-corrected chi connectivity index (χ0v) is 6.31. The van der Waals surface area contributed by atoms with E-state index in [0.29, 0.717) is 0 Å². The maximum absolute atomic E-state index is 12.6. The van der Waals surface area contributed by atoms with Gasteiger partial charge in [0.2, 0.25) is 0 Å². The number of ether oxygens (including phenoxy) is 1. The van der Waals surface area contributed by atoms with Crippen molar-refractivity contribution in [2.24, 2.45) is 0 Å². The maximum atomic E-state index is 12.6. The maximum Gasteiger partial charge on any atom is 0.422 e. The van der Waals surface area contributed by atoms with Gasteiger partial charge in [0.1, 0.15) is 0 Å². The van der Waals surface area contributed by atoms with E-state index in [2.05, 4.69) is 9.72 Å². The monoisotopic (exact) mass is 195 g/mol. The van der Waals surface area contributed by atoms with Gasteiger partial charge in [-0.05, 0) is 0 Å². The zero-order valence-electron chi connectivity index (χ0n) is 6.31. The third-order valence-corrected chi connectivity index (χ3v) is 1.13. The molecule has 1 rings (SSSR count). The van der Waals surface area contributed by atoms with Crippen molar-refractivity contribution in [2.75, 3.05) is 6.61 Å². The fourth-order valence-corrected chi connectivity index (χ4v) is 0.639. The van der Waals surface area contributed by atoms with Crippen molar-refractivity contribution in [3.05, 3.63) is 24.3 Å². The topological polar surface area (TPSA) is 22.1 Å². The van der Waals surface area contributed by atoms with Crippen LogP contribution in [0.4, 0.5) is 17.6 Å². The molecule has 0 amide bonds. The van der Waals surface area contributed by atoms with Crippen LogP contribution in [-0.2, 0) is 0 Å². The van der Waals surface area contributed by atoms with Crippen molar-refractivity contribution in [2.45, 2.75) is 6.18 Å². The Bertz CT molecular complexity index is 286. The molecule has 0 saturated heterocycles. The van der Waals surface area contributed by atoms with E-state index < -0.39 is 24.3 Å². The fourth-order valence-electron chi connectivity index (χ4n) is 0.639. The van der Waals surface area contributed by atoms with Gasteiger partial charge in [-0.25, -0.2) is 4.39 Å². The molecule has 0 atom stereocenters. The standard InChI is InChI=1S/C7H5F4NO/c8-5-3-12-2-1-6(5)13-4-7(9,10)11/h1-3H,4H2. The molecule has 0 aromatic carbocycles. The van der Waals surface area contributed by atoms with Crippen LogP contribution in [0.3, 0.4) is 0 Å². The second kappa shape index (κ2) is 3.59. The first-order chi connectivity index (χ1) is 5.99. The van der Waals surface area contributed by atoms with Crippen molar-refractivity contribution >= 4 is 0 Å². The molecule has 0 saturated carbocycles. The first kappa shape index (κ1) is 9.76. The third kappa shape index (κ3) is 3.27. The number of hydrogen-bond donors (Lipinski definition) is 0. The van der Waals surface area contributed by atoms with Crippen molar-refractivity contribution in [1.82, 2.24) is 4.98 Å². The molecular formula is C7H5F4NO. The molecule has 1 aromatic rings. The lowest BCUT2D eigenvalue weighted by atomic mass is 10.4. The Balaban J connectivity index is 2.60. The van der Waals surface area contributed by atoms with Crippen LogP contribution in [0.1, 0.15) is 0 Å². The highest BCUT2D eigenvalue weighted by atomic mass is 19.4. The second-order valence-corrected chi connectivity index (χ2v) is 2.21. The molecule has 6 heteroatoms. The van der Waals surface area contributed by atoms with E-state index in [-0.39, 0.29) is 0 Å². The number of hydrogen-bond acceptors (Lipinski definition) is 2. The number of rotatable bonds is 2. The van der Waals surface area contributed by atoms with Crippen molar-refractivity contribution in [1.29, 1.82) is 0 Å². The largest absolute Gasteiger partial charge is 0.481 e. The number of alkyl halides is 3. The number of halogens is 4. The second-order valence-electron chi connectivity index (χ2n) is 2.21. The lowest BCUT2D eigenvalue weighted by Gasteiger charge is -2.08. The van der Waals surface area contributed by atoms with Crippen molar-refractivity contribution in [3.8, 4) is 5.75 Å². The molecule has 0 aliphatic carbocycles. The van der Waals surface area contributed by atoms with Gasteiger partial charge in [-0.1, -0.05) is 0 Å². The smallest absolute Gasteiger partial charge is 0.422 e. The first-order valence-electron chi connectivity index (χ1n) is 3.28. The lowest BCUT2D eigenvalue weighted by Crippen LogP contribution is -2.19. The Hall–Kier alpha value is -1.33. The molecule has 13 heavy (non-hydrogen) atoms. The average molecular weight is 195 g/mol. The van der Waals surface area contributed by atoms with Crippen LogP contribution in [0.5, 0.6) is 5.75 Å². The third-order valence-electron chi connectivity index (χ3n) is 1.13. The average Bonchev–Trinajstić information content (AvgIpc) is 2.01. The summed E-state index contributed by atoms with van der Waals surface area (Å²) in [5, 5.41) is 0. The van der Waals surface area contributed by atoms with Gasteiger partial charge < -0.3 is 4.74 Å². The van der Waals surface area contributed by atoms with Crippen LogP contribution in [0.25, 0.3) is 0 Å². The summed E-state index contributed by atoms with van der Waals surface area (Å²) in [6, 6.07) is 1.03. The van der Waals surface area contributed by atoms with Crippen LogP contribution >= 0.6 is 0 Å². The number of aromatic nitrogens is 1. The molecule has 0 fully saturated rings. The molecule has 0 spiro atoms. The zero-order chi connectivity index (χ0) is 9.90. The molecule has 0 aliphatic rings. The molecule has 0 radical (unpaired) electrons. The van der Waals surface area contributed by atoms with Gasteiger partial charge in [-0.3, -0.25) is 4.98 Å². The molecule has 0 unspecified atom stereocenters. The van der Waals surface area contributed by atoms with Crippen LogP contribution in [-0.4, -0.2) is 17.8 Å². The van der Waals surface area contributed by atoms with E-state index in [1.165, 1.54) is 0 Å². The van der Waals surface area contributed by atoms with E-state index in [4.69, 9.17) is 0 Å². The predicted molar refractivity (Wildman–Crippen MR) is 35.7 cm³/mol. The van der Waals surface area contributed by atoms with Crippen molar-refractivity contribution in [3.63, 3.8) is 0 Å². The Kier molecular flexibility index (Phi) is 2.69. The summed E-state index contributed by atoms with van der Waals surface area (Å²) >= 11 is 0. The number of nitrogens with zero attached hydrogens (tertiary/aromatic N) is 1. The van der Waals surface area contributed by atoms with Gasteiger partial charge in [0.25, 0.3) is 0 Å². The van der Waals surface area contributed by atoms with Crippen LogP contribution in [0, 0.1) is 5.82 Å². The van der Waals surface area contributed by atoms with Crippen LogP contribution in [0.2, 0.25) is 0 Å². The molecular weight excluding hydrogens is 190 g/mol. The van der Waals surface area contributed by atoms with Gasteiger partial charge in [-0.15, -0.1) is 0 Å². The molecule has 1 heterocycles. The minimum atomic E-state index is -4.46. The summed E-state index contributed by atoms with van der Waals surface area (Å²) in [5.74, 6) is -1.36. The van der Waals surface area contributed by atoms with E-state index in [1.807, 2.05) is 0 Å². The van der Waals surface area contributed by atoms with E-state index in [0.717, 1.165) is 18.5 Å². The summed E-state index contributed by atoms with van der Waals surface area (Å²) in [4.78, 5) is 3.35. The van der Waals surface area contributed by atoms with Gasteiger partial charge in [0.05, 0.1) is 6.20 Å². The quantitative estimate of drug-likeness (QED) is 0.674. The Morgan fingerprint density at radius 3 is 2.62 bits per heavy atom. The normalized spacial score (nSPS) is 11.4. The van der Waals surface area contributed by atoms with Crippen LogP contribution < -0.4 is 4.74 Å². The Morgan fingerprint density at radius 1 is 1.38 bits per heavy atom. The van der Waals surface area contributed by atoms with Gasteiger partial charge >= 0.3 is 6.18 Å². The summed E-state index contributed by atoms with van der Waals surface area (Å²) < 4.78 is 51.6. The Morgan fingerprint density at radius 2 is 2.08 bits per heavy atom. The van der Waals surface area contributed by atoms with Gasteiger partial charge in [0.15, 0.2) is 18.2 Å². The molecule has 0 aliphatic heterocycles. The van der Waals surface area contributed by atoms with Gasteiger partial charge in [-0.2, -0.15) is 13.2 Å². The summed E-state index contributed by atoms with van der Waals surface area (Å²) in [6.45, 7) is -1.51. The van der Waals surface area contributed by atoms with E-state index in [1.54, 1.807) is 0 Å². The highest BCUT2D eigenvalue weighted by Crippen LogP contribution is 2.19. The van der Waals surface area contributed by atoms with E-state index >= 15 is 0 Å². The lowest BCUT2D eigenvalue weighted by molar-refractivity contribution is -0.153. The fraction of sp³-hybridized carbons (Fsp3) is 0.286. The summed E-state index contributed by atoms with van der Waals surface area (Å²) in [6.07, 6.45) is -2.53. The Labute approximate surface area is 71.2 Å². The SMILES string of the molecule is Fc1cnccc1OCC(F)(F)F. The molecule has 2 nitrogen and oxygen atoms in total. The highest BCUT2D eigenvalue weighted by molar-refractivity contribution is 5.19. The number of pyridine rings is 1. The minimum Gasteiger partial charge on any atom is -0.481 e. The molecule has 72 valence electrons. The predicted octanol–water partition coefficient (Wildman–Crippen LogP) is 2.16. The first-order valence-corrected chi connectivity index (χ1v) is 3.28.